The van der Waals surface area contributed by atoms with Gasteiger partial charge in [-0.1, -0.05) is 57.5 Å². The maximum atomic E-state index is 12.4. The van der Waals surface area contributed by atoms with Crippen molar-refractivity contribution in [3.05, 3.63) is 41.5 Å². The predicted molar refractivity (Wildman–Crippen MR) is 149 cm³/mol. The van der Waals surface area contributed by atoms with Gasteiger partial charge in [-0.05, 0) is 127 Å². The van der Waals surface area contributed by atoms with Gasteiger partial charge in [-0.2, -0.15) is 0 Å². The molecule has 0 bridgehead atoms. The van der Waals surface area contributed by atoms with Crippen LogP contribution in [0.25, 0.3) is 5.57 Å². The standard InChI is InChI=1S/C34H46O4/c1-32(2)26(22-9-6-21(7-10-22)8-15-30(35)36)17-19-33(3)27-13-11-25-23(24(27)12-14-29(32)33)16-20-34(31(37)38)18-4-5-28(25)34/h6-7,9-10,17,23-25,27-29H,4-5,8,11-16,18-20H2,1-3H3,(H,35,36)(H,37,38)/t23?,24?,25?,27?,28?,29?,33-,34+/m1/s1. The van der Waals surface area contributed by atoms with Crippen LogP contribution in [0.2, 0.25) is 0 Å². The zero-order valence-electron chi connectivity index (χ0n) is 23.5. The Kier molecular flexibility index (Phi) is 6.35. The number of carboxylic acids is 2. The summed E-state index contributed by atoms with van der Waals surface area (Å²) in [6.45, 7) is 7.52. The van der Waals surface area contributed by atoms with E-state index in [0.717, 1.165) is 61.8 Å². The molecule has 4 nitrogen and oxygen atoms in total. The van der Waals surface area contributed by atoms with Crippen molar-refractivity contribution in [2.45, 2.75) is 97.8 Å². The first kappa shape index (κ1) is 26.1. The summed E-state index contributed by atoms with van der Waals surface area (Å²) in [5.41, 5.74) is 3.83. The van der Waals surface area contributed by atoms with Crippen LogP contribution < -0.4 is 0 Å². The summed E-state index contributed by atoms with van der Waals surface area (Å²) in [5.74, 6) is 2.69. The molecule has 206 valence electrons. The summed E-state index contributed by atoms with van der Waals surface area (Å²) >= 11 is 0. The van der Waals surface area contributed by atoms with Gasteiger partial charge in [-0.3, -0.25) is 9.59 Å². The van der Waals surface area contributed by atoms with Crippen molar-refractivity contribution in [1.82, 2.24) is 0 Å². The molecule has 4 heteroatoms. The Morgan fingerprint density at radius 1 is 0.842 bits per heavy atom. The lowest BCUT2D eigenvalue weighted by Gasteiger charge is -2.64. The maximum Gasteiger partial charge on any atom is 0.309 e. The Bertz CT molecular complexity index is 1130. The molecule has 1 aromatic rings. The third-order valence-corrected chi connectivity index (χ3v) is 12.8. The van der Waals surface area contributed by atoms with E-state index in [9.17, 15) is 14.7 Å². The highest BCUT2D eigenvalue weighted by Crippen LogP contribution is 2.69. The van der Waals surface area contributed by atoms with Gasteiger partial charge in [0.25, 0.3) is 0 Å². The summed E-state index contributed by atoms with van der Waals surface area (Å²) < 4.78 is 0. The fourth-order valence-corrected chi connectivity index (χ4v) is 11.2. The van der Waals surface area contributed by atoms with Crippen LogP contribution in [0.5, 0.6) is 0 Å². The van der Waals surface area contributed by atoms with Gasteiger partial charge in [0.2, 0.25) is 0 Å². The number of allylic oxidation sites excluding steroid dienone is 2. The number of benzene rings is 1. The second kappa shape index (κ2) is 9.24. The van der Waals surface area contributed by atoms with Crippen LogP contribution in [0.4, 0.5) is 0 Å². The monoisotopic (exact) mass is 518 g/mol. The van der Waals surface area contributed by atoms with Crippen molar-refractivity contribution in [3.63, 3.8) is 0 Å². The zero-order chi connectivity index (χ0) is 26.9. The summed E-state index contributed by atoms with van der Waals surface area (Å²) in [7, 11) is 0. The Morgan fingerprint density at radius 2 is 1.55 bits per heavy atom. The minimum Gasteiger partial charge on any atom is -0.481 e. The fraction of sp³-hybridized carbons (Fsp3) is 0.706. The highest BCUT2D eigenvalue weighted by Gasteiger charge is 2.63. The fourth-order valence-electron chi connectivity index (χ4n) is 11.2. The molecule has 2 N–H and O–H groups in total. The van der Waals surface area contributed by atoms with Crippen LogP contribution >= 0.6 is 0 Å². The van der Waals surface area contributed by atoms with Gasteiger partial charge in [0.05, 0.1) is 5.41 Å². The molecule has 6 rings (SSSR count). The van der Waals surface area contributed by atoms with E-state index in [0.29, 0.717) is 29.6 Å². The minimum atomic E-state index is -0.744. The van der Waals surface area contributed by atoms with Crippen molar-refractivity contribution in [2.24, 2.45) is 51.8 Å². The molecule has 38 heavy (non-hydrogen) atoms. The van der Waals surface area contributed by atoms with Gasteiger partial charge >= 0.3 is 11.9 Å². The molecule has 8 atom stereocenters. The molecule has 0 spiro atoms. The quantitative estimate of drug-likeness (QED) is 0.416. The number of aryl methyl sites for hydroxylation is 1. The smallest absolute Gasteiger partial charge is 0.309 e. The number of hydrogen-bond acceptors (Lipinski definition) is 2. The topological polar surface area (TPSA) is 74.6 Å². The van der Waals surface area contributed by atoms with E-state index in [2.05, 4.69) is 51.1 Å². The van der Waals surface area contributed by atoms with Gasteiger partial charge < -0.3 is 10.2 Å². The molecule has 4 fully saturated rings. The molecule has 5 aliphatic rings. The highest BCUT2D eigenvalue weighted by molar-refractivity contribution is 5.76. The van der Waals surface area contributed by atoms with Crippen molar-refractivity contribution in [3.8, 4) is 0 Å². The maximum absolute atomic E-state index is 12.4. The largest absolute Gasteiger partial charge is 0.481 e. The van der Waals surface area contributed by atoms with E-state index in [-0.39, 0.29) is 11.8 Å². The second-order valence-electron chi connectivity index (χ2n) is 14.4. The van der Waals surface area contributed by atoms with E-state index in [1.807, 2.05) is 0 Å². The lowest BCUT2D eigenvalue weighted by molar-refractivity contribution is -0.166. The van der Waals surface area contributed by atoms with Crippen molar-refractivity contribution in [2.75, 3.05) is 0 Å². The number of rotatable bonds is 5. The molecular weight excluding hydrogens is 472 g/mol. The van der Waals surface area contributed by atoms with Crippen LogP contribution in [0.15, 0.2) is 30.3 Å². The average Bonchev–Trinajstić information content (AvgIpc) is 3.34. The van der Waals surface area contributed by atoms with Crippen LogP contribution in [0.3, 0.4) is 0 Å². The predicted octanol–water partition coefficient (Wildman–Crippen LogP) is 7.86. The average molecular weight is 519 g/mol. The van der Waals surface area contributed by atoms with Gasteiger partial charge in [-0.15, -0.1) is 0 Å². The first-order chi connectivity index (χ1) is 18.1. The number of carboxylic acid groups (broad SMARTS) is 2. The molecule has 0 radical (unpaired) electrons. The van der Waals surface area contributed by atoms with Gasteiger partial charge in [0.15, 0.2) is 0 Å². The zero-order valence-corrected chi connectivity index (χ0v) is 23.5. The molecule has 0 amide bonds. The molecule has 6 unspecified atom stereocenters. The van der Waals surface area contributed by atoms with Crippen LogP contribution in [0, 0.1) is 51.8 Å². The molecule has 1 aromatic carbocycles. The molecule has 4 saturated carbocycles. The molecule has 0 aliphatic heterocycles. The number of carbonyl (C=O) groups is 2. The molecule has 5 aliphatic carbocycles. The highest BCUT2D eigenvalue weighted by atomic mass is 16.4. The van der Waals surface area contributed by atoms with Crippen LogP contribution in [0.1, 0.15) is 103 Å². The Hall–Kier alpha value is -2.10. The van der Waals surface area contributed by atoms with Crippen molar-refractivity contribution in [1.29, 1.82) is 0 Å². The lowest BCUT2D eigenvalue weighted by atomic mass is 9.40. The first-order valence-electron chi connectivity index (χ1n) is 15.3. The van der Waals surface area contributed by atoms with E-state index in [4.69, 9.17) is 5.11 Å². The Balaban J connectivity index is 1.24. The summed E-state index contributed by atoms with van der Waals surface area (Å²) in [6, 6.07) is 8.65. The number of fused-ring (bicyclic) bond motifs is 7. The minimum absolute atomic E-state index is 0.0911. The third kappa shape index (κ3) is 3.83. The molecular formula is C34H46O4. The lowest BCUT2D eigenvalue weighted by Crippen LogP contribution is -2.57. The number of hydrogen-bond donors (Lipinski definition) is 2. The SMILES string of the molecule is CC1(C)C(c2ccc(CCC(=O)O)cc2)=CC[C@]2(C)C3CCC4C(CC[C@@]5(C(=O)O)CCCC45)C3CCC12. The van der Waals surface area contributed by atoms with E-state index in [1.54, 1.807) is 0 Å². The summed E-state index contributed by atoms with van der Waals surface area (Å²) in [5, 5.41) is 19.3. The first-order valence-corrected chi connectivity index (χ1v) is 15.3. The molecule has 0 aromatic heterocycles. The van der Waals surface area contributed by atoms with Crippen molar-refractivity contribution < 1.29 is 19.8 Å². The Labute approximate surface area is 228 Å². The van der Waals surface area contributed by atoms with Crippen LogP contribution in [-0.2, 0) is 16.0 Å². The summed E-state index contributed by atoms with van der Waals surface area (Å²) in [6.07, 6.45) is 14.7. The van der Waals surface area contributed by atoms with Gasteiger partial charge in [0.1, 0.15) is 0 Å². The third-order valence-electron chi connectivity index (χ3n) is 12.8. The molecule has 0 saturated heterocycles. The normalized spacial score (nSPS) is 41.2. The number of aliphatic carboxylic acids is 2. The van der Waals surface area contributed by atoms with E-state index >= 15 is 0 Å². The van der Waals surface area contributed by atoms with Crippen molar-refractivity contribution >= 4 is 17.5 Å². The van der Waals surface area contributed by atoms with Crippen LogP contribution in [-0.4, -0.2) is 22.2 Å². The summed E-state index contributed by atoms with van der Waals surface area (Å²) in [4.78, 5) is 23.4. The van der Waals surface area contributed by atoms with E-state index < -0.39 is 17.4 Å². The Morgan fingerprint density at radius 3 is 2.26 bits per heavy atom. The molecule has 0 heterocycles. The van der Waals surface area contributed by atoms with Gasteiger partial charge in [0, 0.05) is 6.42 Å². The second-order valence-corrected chi connectivity index (χ2v) is 14.4. The van der Waals surface area contributed by atoms with Gasteiger partial charge in [-0.25, -0.2) is 0 Å². The van der Waals surface area contributed by atoms with E-state index in [1.165, 1.54) is 36.8 Å².